The maximum atomic E-state index is 12.8. The van der Waals surface area contributed by atoms with Crippen LogP contribution in [0.5, 0.6) is 0 Å². The van der Waals surface area contributed by atoms with Crippen molar-refractivity contribution in [1.29, 1.82) is 0 Å². The molecule has 1 N–H and O–H groups in total. The highest BCUT2D eigenvalue weighted by Crippen LogP contribution is 2.28. The van der Waals surface area contributed by atoms with Crippen LogP contribution in [0.3, 0.4) is 0 Å². The molecule has 2 nitrogen and oxygen atoms in total. The Balaban J connectivity index is 1.31. The zero-order valence-electron chi connectivity index (χ0n) is 18.8. The monoisotopic (exact) mass is 405 g/mol. The maximum absolute atomic E-state index is 12.8. The third kappa shape index (κ3) is 6.45. The highest BCUT2D eigenvalue weighted by atomic mass is 16.1. The molecular weight excluding hydrogens is 366 g/mol. The van der Waals surface area contributed by atoms with E-state index in [1.54, 1.807) is 0 Å². The van der Waals surface area contributed by atoms with Gasteiger partial charge in [0.25, 0.3) is 0 Å². The Hall–Kier alpha value is -2.09. The number of fused-ring (bicyclic) bond motifs is 3. The van der Waals surface area contributed by atoms with Gasteiger partial charge in [0, 0.05) is 28.3 Å². The number of rotatable bonds is 15. The Morgan fingerprint density at radius 1 is 0.667 bits per heavy atom. The zero-order valence-corrected chi connectivity index (χ0v) is 18.8. The Morgan fingerprint density at radius 2 is 1.23 bits per heavy atom. The van der Waals surface area contributed by atoms with E-state index in [-0.39, 0.29) is 5.78 Å². The molecule has 2 aromatic carbocycles. The van der Waals surface area contributed by atoms with Crippen molar-refractivity contribution < 1.29 is 4.79 Å². The van der Waals surface area contributed by atoms with Crippen molar-refractivity contribution in [3.8, 4) is 0 Å². The average Bonchev–Trinajstić information content (AvgIpc) is 3.15. The molecule has 3 aromatic rings. The second-order valence-corrected chi connectivity index (χ2v) is 8.81. The van der Waals surface area contributed by atoms with Crippen LogP contribution in [0.4, 0.5) is 0 Å². The lowest BCUT2D eigenvalue weighted by Gasteiger charge is -2.04. The molecule has 3 rings (SSSR count). The molecule has 0 bridgehead atoms. The van der Waals surface area contributed by atoms with E-state index in [0.29, 0.717) is 6.42 Å². The number of H-pyrrole nitrogens is 1. The van der Waals surface area contributed by atoms with Gasteiger partial charge in [0.1, 0.15) is 0 Å². The van der Waals surface area contributed by atoms with Gasteiger partial charge in [-0.15, -0.1) is 0 Å². The first-order valence-corrected chi connectivity index (χ1v) is 12.3. The number of carbonyl (C=O) groups excluding carboxylic acids is 1. The first kappa shape index (κ1) is 22.6. The zero-order chi connectivity index (χ0) is 21.0. The summed E-state index contributed by atoms with van der Waals surface area (Å²) >= 11 is 0. The predicted molar refractivity (Wildman–Crippen MR) is 130 cm³/mol. The van der Waals surface area contributed by atoms with Crippen LogP contribution in [-0.2, 0) is 0 Å². The van der Waals surface area contributed by atoms with Crippen LogP contribution >= 0.6 is 0 Å². The third-order valence-corrected chi connectivity index (χ3v) is 6.35. The summed E-state index contributed by atoms with van der Waals surface area (Å²) in [6.07, 6.45) is 18.0. The SMILES string of the molecule is CCCCCCCCCCCCCCCC(=O)c1cccc2c1[nH]c1ccccc12. The van der Waals surface area contributed by atoms with Crippen molar-refractivity contribution >= 4 is 27.6 Å². The van der Waals surface area contributed by atoms with Crippen LogP contribution in [-0.4, -0.2) is 10.8 Å². The highest BCUT2D eigenvalue weighted by Gasteiger charge is 2.13. The number of hydrogen-bond donors (Lipinski definition) is 1. The standard InChI is InChI=1S/C28H39NO/c1-2-3-4-5-6-7-8-9-10-11-12-13-14-22-27(30)25-20-17-19-24-23-18-15-16-21-26(23)29-28(24)25/h15-21,29H,2-14,22H2,1H3. The lowest BCUT2D eigenvalue weighted by atomic mass is 10.0. The summed E-state index contributed by atoms with van der Waals surface area (Å²) in [6.45, 7) is 2.28. The van der Waals surface area contributed by atoms with E-state index in [1.807, 2.05) is 18.2 Å². The first-order valence-electron chi connectivity index (χ1n) is 12.3. The summed E-state index contributed by atoms with van der Waals surface area (Å²) in [5, 5.41) is 2.35. The lowest BCUT2D eigenvalue weighted by Crippen LogP contribution is -2.00. The first-order chi connectivity index (χ1) is 14.8. The van der Waals surface area contributed by atoms with Crippen molar-refractivity contribution in [1.82, 2.24) is 4.98 Å². The predicted octanol–water partition coefficient (Wildman–Crippen LogP) is 8.99. The molecule has 1 heterocycles. The minimum absolute atomic E-state index is 0.273. The van der Waals surface area contributed by atoms with Crippen LogP contribution in [0.2, 0.25) is 0 Å². The minimum atomic E-state index is 0.273. The molecule has 30 heavy (non-hydrogen) atoms. The normalized spacial score (nSPS) is 11.5. The van der Waals surface area contributed by atoms with E-state index in [1.165, 1.54) is 82.4 Å². The molecule has 0 fully saturated rings. The number of aromatic nitrogens is 1. The van der Waals surface area contributed by atoms with Crippen molar-refractivity contribution in [2.75, 3.05) is 0 Å². The molecule has 0 unspecified atom stereocenters. The van der Waals surface area contributed by atoms with Gasteiger partial charge in [0.2, 0.25) is 0 Å². The van der Waals surface area contributed by atoms with E-state index in [4.69, 9.17) is 0 Å². The maximum Gasteiger partial charge on any atom is 0.164 e. The molecule has 0 aliphatic heterocycles. The quantitative estimate of drug-likeness (QED) is 0.198. The van der Waals surface area contributed by atoms with E-state index < -0.39 is 0 Å². The second kappa shape index (κ2) is 12.6. The lowest BCUT2D eigenvalue weighted by molar-refractivity contribution is 0.0980. The fraction of sp³-hybridized carbons (Fsp3) is 0.536. The molecule has 0 aliphatic rings. The van der Waals surface area contributed by atoms with Crippen molar-refractivity contribution in [3.05, 3.63) is 48.0 Å². The molecule has 0 aliphatic carbocycles. The van der Waals surface area contributed by atoms with Gasteiger partial charge >= 0.3 is 0 Å². The van der Waals surface area contributed by atoms with Gasteiger partial charge in [-0.25, -0.2) is 0 Å². The molecule has 2 heteroatoms. The molecule has 0 radical (unpaired) electrons. The Morgan fingerprint density at radius 3 is 1.90 bits per heavy atom. The van der Waals surface area contributed by atoms with Crippen LogP contribution in [0.15, 0.2) is 42.5 Å². The van der Waals surface area contributed by atoms with E-state index in [9.17, 15) is 4.79 Å². The molecule has 1 aromatic heterocycles. The number of Topliss-reactive ketones (excluding diaryl/α,β-unsaturated/α-hetero) is 1. The second-order valence-electron chi connectivity index (χ2n) is 8.81. The molecule has 0 amide bonds. The number of carbonyl (C=O) groups is 1. The van der Waals surface area contributed by atoms with Gasteiger partial charge in [0.05, 0.1) is 5.52 Å². The summed E-state index contributed by atoms with van der Waals surface area (Å²) in [5.74, 6) is 0.273. The molecule has 162 valence electrons. The molecule has 0 atom stereocenters. The van der Waals surface area contributed by atoms with Gasteiger partial charge < -0.3 is 4.98 Å². The van der Waals surface area contributed by atoms with Gasteiger partial charge in [0.15, 0.2) is 5.78 Å². The summed E-state index contributed by atoms with van der Waals surface area (Å²) in [4.78, 5) is 16.3. The van der Waals surface area contributed by atoms with Gasteiger partial charge in [-0.3, -0.25) is 4.79 Å². The van der Waals surface area contributed by atoms with Crippen LogP contribution < -0.4 is 0 Å². The van der Waals surface area contributed by atoms with Crippen molar-refractivity contribution in [3.63, 3.8) is 0 Å². The number of para-hydroxylation sites is 2. The van der Waals surface area contributed by atoms with Gasteiger partial charge in [-0.05, 0) is 18.6 Å². The number of nitrogens with one attached hydrogen (secondary N) is 1. The molecule has 0 saturated carbocycles. The van der Waals surface area contributed by atoms with Crippen LogP contribution in [0, 0.1) is 0 Å². The summed E-state index contributed by atoms with van der Waals surface area (Å²) in [6, 6.07) is 14.4. The smallest absolute Gasteiger partial charge is 0.164 e. The molecule has 0 saturated heterocycles. The largest absolute Gasteiger partial charge is 0.354 e. The summed E-state index contributed by atoms with van der Waals surface area (Å²) in [7, 11) is 0. The fourth-order valence-corrected chi connectivity index (χ4v) is 4.54. The average molecular weight is 406 g/mol. The Bertz CT molecular complexity index is 907. The van der Waals surface area contributed by atoms with Crippen molar-refractivity contribution in [2.24, 2.45) is 0 Å². The Labute approximate surface area is 182 Å². The number of ketones is 1. The van der Waals surface area contributed by atoms with Gasteiger partial charge in [-0.2, -0.15) is 0 Å². The van der Waals surface area contributed by atoms with E-state index in [0.717, 1.165) is 28.4 Å². The van der Waals surface area contributed by atoms with Crippen molar-refractivity contribution in [2.45, 2.75) is 96.8 Å². The minimum Gasteiger partial charge on any atom is -0.354 e. The Kier molecular flexibility index (Phi) is 9.47. The van der Waals surface area contributed by atoms with E-state index >= 15 is 0 Å². The topological polar surface area (TPSA) is 32.9 Å². The summed E-state index contributed by atoms with van der Waals surface area (Å²) < 4.78 is 0. The number of aromatic amines is 1. The number of benzene rings is 2. The van der Waals surface area contributed by atoms with E-state index in [2.05, 4.69) is 36.2 Å². The summed E-state index contributed by atoms with van der Waals surface area (Å²) in [5.41, 5.74) is 2.95. The van der Waals surface area contributed by atoms with Crippen LogP contribution in [0.25, 0.3) is 21.8 Å². The number of hydrogen-bond acceptors (Lipinski definition) is 1. The molecule has 0 spiro atoms. The molecular formula is C28H39NO. The fourth-order valence-electron chi connectivity index (χ4n) is 4.54. The third-order valence-electron chi connectivity index (χ3n) is 6.35. The highest BCUT2D eigenvalue weighted by molar-refractivity contribution is 6.15. The van der Waals surface area contributed by atoms with Gasteiger partial charge in [-0.1, -0.05) is 114 Å². The number of unbranched alkanes of at least 4 members (excludes halogenated alkanes) is 12. The van der Waals surface area contributed by atoms with Crippen LogP contribution in [0.1, 0.15) is 107 Å².